The van der Waals surface area contributed by atoms with Crippen LogP contribution in [0.3, 0.4) is 0 Å². The zero-order valence-electron chi connectivity index (χ0n) is 14.6. The lowest BCUT2D eigenvalue weighted by Gasteiger charge is -2.35. The third kappa shape index (κ3) is 4.24. The average molecular weight is 344 g/mol. The number of benzene rings is 1. The molecule has 1 aromatic heterocycles. The van der Waals surface area contributed by atoms with Gasteiger partial charge in [-0.2, -0.15) is 0 Å². The van der Waals surface area contributed by atoms with E-state index in [1.807, 2.05) is 6.07 Å². The number of non-ortho nitro benzene ring substituents is 1. The fraction of sp³-hybridized carbons (Fsp3) is 0.500. The number of fused-ring (bicyclic) bond motifs is 1. The molecule has 2 atom stereocenters. The Morgan fingerprint density at radius 1 is 1.28 bits per heavy atom. The van der Waals surface area contributed by atoms with E-state index in [1.54, 1.807) is 18.5 Å². The van der Waals surface area contributed by atoms with Crippen molar-refractivity contribution >= 4 is 22.1 Å². The van der Waals surface area contributed by atoms with E-state index in [4.69, 9.17) is 4.74 Å². The number of hydrogen-bond acceptors (Lipinski definition) is 6. The highest BCUT2D eigenvalue weighted by molar-refractivity contribution is 5.99. The van der Waals surface area contributed by atoms with Crippen LogP contribution in [0.5, 0.6) is 0 Å². The molecule has 0 saturated carbocycles. The molecule has 1 aliphatic heterocycles. The lowest BCUT2D eigenvalue weighted by molar-refractivity contribution is -0.383. The van der Waals surface area contributed by atoms with Crippen LogP contribution >= 0.6 is 0 Å². The smallest absolute Gasteiger partial charge is 0.278 e. The van der Waals surface area contributed by atoms with Gasteiger partial charge in [0.2, 0.25) is 0 Å². The highest BCUT2D eigenvalue weighted by Gasteiger charge is 2.21. The average Bonchev–Trinajstić information content (AvgIpc) is 2.57. The summed E-state index contributed by atoms with van der Waals surface area (Å²) in [7, 11) is 0. The van der Waals surface area contributed by atoms with Gasteiger partial charge in [0.05, 0.1) is 22.5 Å². The molecule has 0 radical (unpaired) electrons. The number of nitro benzene ring substituents is 1. The molecule has 1 aliphatic rings. The van der Waals surface area contributed by atoms with Crippen LogP contribution in [-0.4, -0.2) is 53.2 Å². The number of rotatable bonds is 6. The van der Waals surface area contributed by atoms with Crippen LogP contribution < -0.4 is 5.32 Å². The van der Waals surface area contributed by atoms with Crippen LogP contribution in [0.1, 0.15) is 20.3 Å². The number of nitro groups is 1. The minimum atomic E-state index is -0.367. The Labute approximate surface area is 147 Å². The van der Waals surface area contributed by atoms with E-state index >= 15 is 0 Å². The summed E-state index contributed by atoms with van der Waals surface area (Å²) >= 11 is 0. The van der Waals surface area contributed by atoms with E-state index in [0.717, 1.165) is 43.7 Å². The number of anilines is 1. The lowest BCUT2D eigenvalue weighted by atomic mass is 10.1. The second-order valence-corrected chi connectivity index (χ2v) is 6.61. The van der Waals surface area contributed by atoms with Gasteiger partial charge in [-0.05, 0) is 32.4 Å². The van der Waals surface area contributed by atoms with Gasteiger partial charge < -0.3 is 10.1 Å². The Hall–Kier alpha value is -2.25. The van der Waals surface area contributed by atoms with Crippen molar-refractivity contribution in [3.8, 4) is 0 Å². The maximum absolute atomic E-state index is 11.2. The summed E-state index contributed by atoms with van der Waals surface area (Å²) < 4.78 is 5.75. The first kappa shape index (κ1) is 17.6. The molecule has 2 aromatic rings. The fourth-order valence-corrected chi connectivity index (χ4v) is 3.48. The number of aromatic nitrogens is 1. The highest BCUT2D eigenvalue weighted by Crippen LogP contribution is 2.30. The molecule has 0 unspecified atom stereocenters. The Morgan fingerprint density at radius 3 is 2.76 bits per heavy atom. The van der Waals surface area contributed by atoms with Gasteiger partial charge in [0.1, 0.15) is 0 Å². The molecule has 0 bridgehead atoms. The van der Waals surface area contributed by atoms with Gasteiger partial charge in [0, 0.05) is 55.7 Å². The van der Waals surface area contributed by atoms with Crippen molar-refractivity contribution in [3.63, 3.8) is 0 Å². The molecular weight excluding hydrogens is 320 g/mol. The number of nitrogens with one attached hydrogen (secondary N) is 1. The minimum absolute atomic E-state index is 0.0879. The summed E-state index contributed by atoms with van der Waals surface area (Å²) in [6.07, 6.45) is 4.77. The molecule has 1 saturated heterocycles. The largest absolute Gasteiger partial charge is 0.384 e. The number of pyridine rings is 1. The minimum Gasteiger partial charge on any atom is -0.384 e. The van der Waals surface area contributed by atoms with Crippen molar-refractivity contribution in [1.82, 2.24) is 9.88 Å². The standard InChI is InChI=1S/C18H24N4O3/c1-13-11-21(12-14(2)25-13)9-3-7-20-17-4-5-18(22(23)24)16-10-19-8-6-15(16)17/h4-6,8,10,13-14,20H,3,7,9,11-12H2,1-2H3/t13-,14-/m1/s1. The first-order chi connectivity index (χ1) is 12.0. The summed E-state index contributed by atoms with van der Waals surface area (Å²) in [5, 5.41) is 16.0. The molecule has 0 spiro atoms. The fourth-order valence-electron chi connectivity index (χ4n) is 3.48. The lowest BCUT2D eigenvalue weighted by Crippen LogP contribution is -2.45. The summed E-state index contributed by atoms with van der Waals surface area (Å²) in [6, 6.07) is 5.13. The molecule has 1 fully saturated rings. The number of ether oxygens (including phenoxy) is 1. The summed E-state index contributed by atoms with van der Waals surface area (Å²) in [5.74, 6) is 0. The van der Waals surface area contributed by atoms with Gasteiger partial charge in [0.25, 0.3) is 5.69 Å². The summed E-state index contributed by atoms with van der Waals surface area (Å²) in [5.41, 5.74) is 0.997. The van der Waals surface area contributed by atoms with Gasteiger partial charge in [-0.1, -0.05) is 0 Å². The second kappa shape index (κ2) is 7.76. The predicted molar refractivity (Wildman–Crippen MR) is 98.0 cm³/mol. The van der Waals surface area contributed by atoms with Crippen LogP contribution in [0.4, 0.5) is 11.4 Å². The predicted octanol–water partition coefficient (Wildman–Crippen LogP) is 3.05. The Bertz CT molecular complexity index is 742. The summed E-state index contributed by atoms with van der Waals surface area (Å²) in [6.45, 7) is 7.98. The molecule has 1 aromatic carbocycles. The molecule has 1 N–H and O–H groups in total. The van der Waals surface area contributed by atoms with Crippen LogP contribution in [0, 0.1) is 10.1 Å². The molecule has 0 aliphatic carbocycles. The molecule has 2 heterocycles. The van der Waals surface area contributed by atoms with Crippen LogP contribution in [-0.2, 0) is 4.74 Å². The van der Waals surface area contributed by atoms with E-state index in [1.165, 1.54) is 6.07 Å². The topological polar surface area (TPSA) is 80.5 Å². The van der Waals surface area contributed by atoms with E-state index in [0.29, 0.717) is 5.39 Å². The molecule has 7 heteroatoms. The number of morpholine rings is 1. The third-order valence-electron chi connectivity index (χ3n) is 4.45. The number of nitrogens with zero attached hydrogens (tertiary/aromatic N) is 3. The maximum Gasteiger partial charge on any atom is 0.278 e. The van der Waals surface area contributed by atoms with Gasteiger partial charge in [0.15, 0.2) is 0 Å². The van der Waals surface area contributed by atoms with E-state index in [-0.39, 0.29) is 22.8 Å². The Morgan fingerprint density at radius 2 is 2.04 bits per heavy atom. The molecule has 0 amide bonds. The monoisotopic (exact) mass is 344 g/mol. The maximum atomic E-state index is 11.2. The zero-order valence-corrected chi connectivity index (χ0v) is 14.6. The summed E-state index contributed by atoms with van der Waals surface area (Å²) in [4.78, 5) is 17.2. The van der Waals surface area contributed by atoms with E-state index in [9.17, 15) is 10.1 Å². The Kier molecular flexibility index (Phi) is 5.45. The van der Waals surface area contributed by atoms with Crippen LogP contribution in [0.25, 0.3) is 10.8 Å². The Balaban J connectivity index is 1.60. The SMILES string of the molecule is C[C@@H]1CN(CCCNc2ccc([N+](=O)[O-])c3cnccc23)C[C@@H](C)O1. The van der Waals surface area contributed by atoms with Crippen molar-refractivity contribution in [2.45, 2.75) is 32.5 Å². The molecule has 3 rings (SSSR count). The van der Waals surface area contributed by atoms with Crippen LogP contribution in [0.15, 0.2) is 30.6 Å². The van der Waals surface area contributed by atoms with E-state index in [2.05, 4.69) is 29.0 Å². The van der Waals surface area contributed by atoms with Gasteiger partial charge >= 0.3 is 0 Å². The first-order valence-corrected chi connectivity index (χ1v) is 8.67. The van der Waals surface area contributed by atoms with Crippen molar-refractivity contribution in [2.24, 2.45) is 0 Å². The number of hydrogen-bond donors (Lipinski definition) is 1. The van der Waals surface area contributed by atoms with Crippen LogP contribution in [0.2, 0.25) is 0 Å². The van der Waals surface area contributed by atoms with E-state index < -0.39 is 0 Å². The van der Waals surface area contributed by atoms with Gasteiger partial charge in [-0.15, -0.1) is 0 Å². The van der Waals surface area contributed by atoms with Crippen molar-refractivity contribution < 1.29 is 9.66 Å². The molecule has 25 heavy (non-hydrogen) atoms. The molecule has 7 nitrogen and oxygen atoms in total. The second-order valence-electron chi connectivity index (χ2n) is 6.61. The highest BCUT2D eigenvalue weighted by atomic mass is 16.6. The normalized spacial score (nSPS) is 21.4. The van der Waals surface area contributed by atoms with Gasteiger partial charge in [-0.25, -0.2) is 0 Å². The van der Waals surface area contributed by atoms with Crippen molar-refractivity contribution in [1.29, 1.82) is 0 Å². The van der Waals surface area contributed by atoms with Crippen molar-refractivity contribution in [2.75, 3.05) is 31.5 Å². The zero-order chi connectivity index (χ0) is 17.8. The van der Waals surface area contributed by atoms with Crippen molar-refractivity contribution in [3.05, 3.63) is 40.7 Å². The molecular formula is C18H24N4O3. The first-order valence-electron chi connectivity index (χ1n) is 8.67. The third-order valence-corrected chi connectivity index (χ3v) is 4.45. The molecule has 134 valence electrons. The quantitative estimate of drug-likeness (QED) is 0.493. The van der Waals surface area contributed by atoms with Gasteiger partial charge in [-0.3, -0.25) is 20.0 Å².